The van der Waals surface area contributed by atoms with E-state index in [4.69, 9.17) is 10.2 Å². The van der Waals surface area contributed by atoms with Crippen molar-refractivity contribution in [2.45, 2.75) is 26.2 Å². The Morgan fingerprint density at radius 2 is 2.04 bits per heavy atom. The first-order chi connectivity index (χ1) is 11.1. The molecule has 1 fully saturated rings. The monoisotopic (exact) mass is 385 g/mol. The molecule has 2 aromatic rings. The van der Waals surface area contributed by atoms with Crippen LogP contribution in [0.15, 0.2) is 40.9 Å². The minimum absolute atomic E-state index is 0. The van der Waals surface area contributed by atoms with Gasteiger partial charge in [0.1, 0.15) is 0 Å². The summed E-state index contributed by atoms with van der Waals surface area (Å²) in [5, 5.41) is 0. The largest absolute Gasteiger partial charge is 0.441 e. The predicted molar refractivity (Wildman–Crippen MR) is 103 cm³/mol. The van der Waals surface area contributed by atoms with Crippen LogP contribution in [-0.4, -0.2) is 35.4 Å². The molecule has 7 heteroatoms. The van der Waals surface area contributed by atoms with E-state index in [1.165, 1.54) is 0 Å². The molecule has 5 nitrogen and oxygen atoms in total. The lowest BCUT2D eigenvalue weighted by Crippen LogP contribution is -2.34. The van der Waals surface area contributed by atoms with E-state index in [0.29, 0.717) is 25.3 Å². The third-order valence-electron chi connectivity index (χ3n) is 4.57. The zero-order chi connectivity index (χ0) is 16.3. The number of benzene rings is 1. The van der Waals surface area contributed by atoms with Crippen LogP contribution >= 0.6 is 24.8 Å². The number of carbonyl (C=O) groups is 1. The van der Waals surface area contributed by atoms with Crippen LogP contribution in [0.3, 0.4) is 0 Å². The molecule has 1 aliphatic heterocycles. The number of amides is 1. The van der Waals surface area contributed by atoms with Crippen molar-refractivity contribution in [3.05, 3.63) is 42.4 Å². The molecule has 1 atom stereocenters. The van der Waals surface area contributed by atoms with E-state index in [0.717, 1.165) is 30.8 Å². The Labute approximate surface area is 160 Å². The van der Waals surface area contributed by atoms with E-state index in [1.807, 2.05) is 35.2 Å². The number of halogens is 2. The van der Waals surface area contributed by atoms with Crippen LogP contribution in [0.5, 0.6) is 0 Å². The number of rotatable bonds is 5. The summed E-state index contributed by atoms with van der Waals surface area (Å²) in [5.41, 5.74) is 6.86. The first-order valence-corrected chi connectivity index (χ1v) is 8.08. The van der Waals surface area contributed by atoms with Gasteiger partial charge in [-0.15, -0.1) is 24.8 Å². The molecule has 2 heterocycles. The minimum atomic E-state index is 0. The Morgan fingerprint density at radius 3 is 2.68 bits per heavy atom. The van der Waals surface area contributed by atoms with Crippen molar-refractivity contribution in [3.63, 3.8) is 0 Å². The molecule has 1 amide bonds. The van der Waals surface area contributed by atoms with Gasteiger partial charge in [0, 0.05) is 31.5 Å². The average Bonchev–Trinajstić information content (AvgIpc) is 3.21. The Hall–Kier alpha value is -1.56. The number of nitrogens with two attached hydrogens (primary N) is 1. The van der Waals surface area contributed by atoms with Gasteiger partial charge in [-0.05, 0) is 18.4 Å². The Bertz CT molecular complexity index is 678. The van der Waals surface area contributed by atoms with E-state index in [2.05, 4.69) is 11.9 Å². The second-order valence-electron chi connectivity index (χ2n) is 6.56. The van der Waals surface area contributed by atoms with Crippen molar-refractivity contribution in [1.82, 2.24) is 9.88 Å². The fourth-order valence-corrected chi connectivity index (χ4v) is 2.94. The molecule has 1 unspecified atom stereocenters. The molecule has 0 saturated carbocycles. The lowest BCUT2D eigenvalue weighted by molar-refractivity contribution is -0.130. The maximum atomic E-state index is 12.3. The Morgan fingerprint density at radius 1 is 1.32 bits per heavy atom. The zero-order valence-corrected chi connectivity index (χ0v) is 15.9. The quantitative estimate of drug-likeness (QED) is 0.856. The van der Waals surface area contributed by atoms with Gasteiger partial charge in [0.15, 0.2) is 11.7 Å². The van der Waals surface area contributed by atoms with E-state index in [1.54, 1.807) is 6.20 Å². The van der Waals surface area contributed by atoms with Crippen LogP contribution in [0.4, 0.5) is 0 Å². The number of aromatic nitrogens is 1. The van der Waals surface area contributed by atoms with Crippen molar-refractivity contribution < 1.29 is 9.21 Å². The van der Waals surface area contributed by atoms with Crippen molar-refractivity contribution in [2.75, 3.05) is 19.6 Å². The molecule has 0 aliphatic carbocycles. The molecule has 138 valence electrons. The molecule has 1 aromatic heterocycles. The van der Waals surface area contributed by atoms with Gasteiger partial charge < -0.3 is 15.1 Å². The molecule has 0 bridgehead atoms. The van der Waals surface area contributed by atoms with E-state index in [-0.39, 0.29) is 36.1 Å². The van der Waals surface area contributed by atoms with Crippen LogP contribution in [0, 0.1) is 5.41 Å². The summed E-state index contributed by atoms with van der Waals surface area (Å²) in [6, 6.07) is 9.84. The first-order valence-electron chi connectivity index (χ1n) is 8.08. The Kier molecular flexibility index (Phi) is 7.93. The topological polar surface area (TPSA) is 72.4 Å². The second kappa shape index (κ2) is 9.22. The lowest BCUT2D eigenvalue weighted by Gasteiger charge is -2.22. The summed E-state index contributed by atoms with van der Waals surface area (Å²) >= 11 is 0. The normalized spacial score (nSPS) is 19.2. The molecule has 1 aromatic carbocycles. The third-order valence-corrected chi connectivity index (χ3v) is 4.57. The van der Waals surface area contributed by atoms with Crippen molar-refractivity contribution in [3.8, 4) is 11.3 Å². The lowest BCUT2D eigenvalue weighted by atomic mass is 9.90. The fraction of sp³-hybridized carbons (Fsp3) is 0.444. The van der Waals surface area contributed by atoms with Gasteiger partial charge in [0.05, 0.1) is 6.20 Å². The minimum Gasteiger partial charge on any atom is -0.441 e. The molecule has 1 saturated heterocycles. The van der Waals surface area contributed by atoms with Gasteiger partial charge >= 0.3 is 0 Å². The number of nitrogens with zero attached hydrogens (tertiary/aromatic N) is 2. The standard InChI is InChI=1S/C18H23N3O2.2ClH/c1-18(12-19)9-10-21(13-18)17(22)8-7-16-20-11-15(23-16)14-5-3-2-4-6-14;;/h2-6,11H,7-10,12-13,19H2,1H3;2*1H. The smallest absolute Gasteiger partial charge is 0.223 e. The maximum Gasteiger partial charge on any atom is 0.223 e. The van der Waals surface area contributed by atoms with Crippen LogP contribution in [0.1, 0.15) is 25.7 Å². The molecule has 0 spiro atoms. The van der Waals surface area contributed by atoms with Crippen molar-refractivity contribution >= 4 is 30.7 Å². The molecule has 1 aliphatic rings. The van der Waals surface area contributed by atoms with E-state index >= 15 is 0 Å². The number of hydrogen-bond acceptors (Lipinski definition) is 4. The summed E-state index contributed by atoms with van der Waals surface area (Å²) in [4.78, 5) is 18.5. The van der Waals surface area contributed by atoms with Gasteiger partial charge in [-0.2, -0.15) is 0 Å². The summed E-state index contributed by atoms with van der Waals surface area (Å²) in [6.45, 7) is 4.31. The zero-order valence-electron chi connectivity index (χ0n) is 14.3. The molecule has 3 rings (SSSR count). The van der Waals surface area contributed by atoms with E-state index < -0.39 is 0 Å². The van der Waals surface area contributed by atoms with Gasteiger partial charge in [-0.3, -0.25) is 4.79 Å². The van der Waals surface area contributed by atoms with Gasteiger partial charge in [-0.1, -0.05) is 37.3 Å². The third kappa shape index (κ3) is 5.21. The summed E-state index contributed by atoms with van der Waals surface area (Å²) in [6.07, 6.45) is 3.65. The molecular formula is C18H25Cl2N3O2. The number of hydrogen-bond donors (Lipinski definition) is 1. The SMILES string of the molecule is CC1(CN)CCN(C(=O)CCc2ncc(-c3ccccc3)o2)C1.Cl.Cl. The Balaban J connectivity index is 0.00000156. The molecule has 0 radical (unpaired) electrons. The highest BCUT2D eigenvalue weighted by Gasteiger charge is 2.34. The van der Waals surface area contributed by atoms with Crippen molar-refractivity contribution in [1.29, 1.82) is 0 Å². The number of oxazole rings is 1. The predicted octanol–water partition coefficient (Wildman–Crippen LogP) is 3.32. The molecule has 25 heavy (non-hydrogen) atoms. The molecular weight excluding hydrogens is 361 g/mol. The second-order valence-corrected chi connectivity index (χ2v) is 6.56. The highest BCUT2D eigenvalue weighted by molar-refractivity contribution is 5.85. The van der Waals surface area contributed by atoms with Crippen LogP contribution < -0.4 is 5.73 Å². The van der Waals surface area contributed by atoms with Crippen LogP contribution in [-0.2, 0) is 11.2 Å². The van der Waals surface area contributed by atoms with Crippen LogP contribution in [0.2, 0.25) is 0 Å². The summed E-state index contributed by atoms with van der Waals surface area (Å²) in [7, 11) is 0. The van der Waals surface area contributed by atoms with Crippen LogP contribution in [0.25, 0.3) is 11.3 Å². The van der Waals surface area contributed by atoms with E-state index in [9.17, 15) is 4.79 Å². The molecule has 2 N–H and O–H groups in total. The highest BCUT2D eigenvalue weighted by atomic mass is 35.5. The summed E-state index contributed by atoms with van der Waals surface area (Å²) in [5.74, 6) is 1.50. The average molecular weight is 386 g/mol. The van der Waals surface area contributed by atoms with Gasteiger partial charge in [0.2, 0.25) is 5.91 Å². The number of likely N-dealkylation sites (tertiary alicyclic amines) is 1. The first kappa shape index (κ1) is 21.5. The maximum absolute atomic E-state index is 12.3. The van der Waals surface area contributed by atoms with Crippen molar-refractivity contribution in [2.24, 2.45) is 11.1 Å². The highest BCUT2D eigenvalue weighted by Crippen LogP contribution is 2.29. The summed E-state index contributed by atoms with van der Waals surface area (Å²) < 4.78 is 5.74. The fourth-order valence-electron chi connectivity index (χ4n) is 2.94. The number of carbonyl (C=O) groups excluding carboxylic acids is 1. The van der Waals surface area contributed by atoms with Gasteiger partial charge in [-0.25, -0.2) is 4.98 Å². The number of aryl methyl sites for hydroxylation is 1. The van der Waals surface area contributed by atoms with Gasteiger partial charge in [0.25, 0.3) is 0 Å².